The van der Waals surface area contributed by atoms with Crippen LogP contribution in [0.25, 0.3) is 10.9 Å². The predicted octanol–water partition coefficient (Wildman–Crippen LogP) is 4.18. The van der Waals surface area contributed by atoms with Crippen LogP contribution in [-0.4, -0.2) is 15.1 Å². The minimum Gasteiger partial charge on any atom is -0.508 e. The fourth-order valence-electron chi connectivity index (χ4n) is 2.02. The second-order valence-corrected chi connectivity index (χ2v) is 5.06. The number of aryl methyl sites for hydroxylation is 1. The molecular weight excluding hydrogens is 293 g/mol. The molecule has 0 aliphatic carbocycles. The van der Waals surface area contributed by atoms with Gasteiger partial charge in [-0.1, -0.05) is 11.6 Å². The quantitative estimate of drug-likeness (QED) is 0.745. The molecule has 2 aromatic carbocycles. The van der Waals surface area contributed by atoms with Gasteiger partial charge in [-0.15, -0.1) is 0 Å². The average Bonchev–Trinajstić information content (AvgIpc) is 2.44. The molecule has 0 amide bonds. The van der Waals surface area contributed by atoms with Crippen LogP contribution in [0.2, 0.25) is 5.02 Å². The Morgan fingerprint density at radius 2 is 2.00 bits per heavy atom. The molecule has 0 atom stereocenters. The molecule has 2 N–H and O–H groups in total. The van der Waals surface area contributed by atoms with Crippen molar-refractivity contribution in [2.24, 2.45) is 0 Å². The first-order valence-electron chi connectivity index (χ1n) is 6.21. The lowest BCUT2D eigenvalue weighted by molar-refractivity contribution is 0.472. The fraction of sp³-hybridized carbons (Fsp3) is 0.0667. The van der Waals surface area contributed by atoms with Crippen molar-refractivity contribution in [3.8, 4) is 5.75 Å². The third kappa shape index (κ3) is 2.60. The summed E-state index contributed by atoms with van der Waals surface area (Å²) in [5.74, 6) is 0.152. The zero-order chi connectivity index (χ0) is 15.0. The molecule has 0 radical (unpaired) electrons. The fourth-order valence-corrected chi connectivity index (χ4v) is 2.18. The van der Waals surface area contributed by atoms with Gasteiger partial charge in [0.05, 0.1) is 11.2 Å². The van der Waals surface area contributed by atoms with Crippen molar-refractivity contribution in [1.29, 1.82) is 0 Å². The lowest BCUT2D eigenvalue weighted by Crippen LogP contribution is -1.98. The van der Waals surface area contributed by atoms with Crippen LogP contribution >= 0.6 is 11.6 Å². The number of aromatic hydroxyl groups is 1. The highest BCUT2D eigenvalue weighted by molar-refractivity contribution is 6.30. The van der Waals surface area contributed by atoms with Crippen LogP contribution in [0.3, 0.4) is 0 Å². The number of fused-ring (bicyclic) bond motifs is 1. The number of halogens is 2. The van der Waals surface area contributed by atoms with Crippen LogP contribution in [0.4, 0.5) is 15.9 Å². The summed E-state index contributed by atoms with van der Waals surface area (Å²) in [4.78, 5) is 8.23. The third-order valence-electron chi connectivity index (χ3n) is 3.14. The van der Waals surface area contributed by atoms with E-state index in [0.717, 1.165) is 0 Å². The van der Waals surface area contributed by atoms with Crippen molar-refractivity contribution >= 4 is 34.0 Å². The van der Waals surface area contributed by atoms with Crippen molar-refractivity contribution in [3.63, 3.8) is 0 Å². The molecule has 1 heterocycles. The van der Waals surface area contributed by atoms with Gasteiger partial charge in [-0.25, -0.2) is 14.4 Å². The monoisotopic (exact) mass is 303 g/mol. The van der Waals surface area contributed by atoms with E-state index in [1.54, 1.807) is 31.2 Å². The van der Waals surface area contributed by atoms with Crippen LogP contribution in [0.15, 0.2) is 36.7 Å². The molecule has 21 heavy (non-hydrogen) atoms. The number of hydrogen-bond donors (Lipinski definition) is 2. The maximum absolute atomic E-state index is 13.8. The van der Waals surface area contributed by atoms with Crippen LogP contribution < -0.4 is 5.32 Å². The molecule has 0 saturated heterocycles. The molecule has 4 nitrogen and oxygen atoms in total. The van der Waals surface area contributed by atoms with Crippen LogP contribution in [-0.2, 0) is 0 Å². The van der Waals surface area contributed by atoms with Crippen molar-refractivity contribution in [2.45, 2.75) is 6.92 Å². The number of phenolic OH excluding ortho intramolecular Hbond substituents is 1. The molecule has 0 saturated carbocycles. The number of rotatable bonds is 2. The zero-order valence-corrected chi connectivity index (χ0v) is 11.8. The molecule has 0 bridgehead atoms. The number of benzene rings is 2. The zero-order valence-electron chi connectivity index (χ0n) is 11.1. The van der Waals surface area contributed by atoms with Gasteiger partial charge in [0.2, 0.25) is 0 Å². The van der Waals surface area contributed by atoms with E-state index in [9.17, 15) is 9.50 Å². The number of anilines is 2. The molecule has 0 aliphatic rings. The Labute approximate surface area is 125 Å². The van der Waals surface area contributed by atoms with Gasteiger partial charge in [0.15, 0.2) is 0 Å². The van der Waals surface area contributed by atoms with E-state index >= 15 is 0 Å². The third-order valence-corrected chi connectivity index (χ3v) is 3.37. The summed E-state index contributed by atoms with van der Waals surface area (Å²) in [7, 11) is 0. The smallest absolute Gasteiger partial charge is 0.148 e. The highest BCUT2D eigenvalue weighted by Crippen LogP contribution is 2.29. The van der Waals surface area contributed by atoms with E-state index in [2.05, 4.69) is 15.3 Å². The second kappa shape index (κ2) is 5.18. The van der Waals surface area contributed by atoms with Gasteiger partial charge in [-0.3, -0.25) is 0 Å². The van der Waals surface area contributed by atoms with Crippen LogP contribution in [0.5, 0.6) is 5.75 Å². The van der Waals surface area contributed by atoms with E-state index < -0.39 is 5.82 Å². The Kier molecular flexibility index (Phi) is 3.35. The molecule has 0 aliphatic heterocycles. The van der Waals surface area contributed by atoms with Gasteiger partial charge >= 0.3 is 0 Å². The van der Waals surface area contributed by atoms with Crippen molar-refractivity contribution < 1.29 is 9.50 Å². The van der Waals surface area contributed by atoms with Gasteiger partial charge in [0.25, 0.3) is 0 Å². The lowest BCUT2D eigenvalue weighted by atomic mass is 10.1. The van der Waals surface area contributed by atoms with Crippen molar-refractivity contribution in [3.05, 3.63) is 53.1 Å². The number of hydrogen-bond acceptors (Lipinski definition) is 4. The number of nitrogens with zero attached hydrogens (tertiary/aromatic N) is 2. The highest BCUT2D eigenvalue weighted by Gasteiger charge is 2.09. The van der Waals surface area contributed by atoms with Crippen molar-refractivity contribution in [2.75, 3.05) is 5.32 Å². The Morgan fingerprint density at radius 3 is 2.76 bits per heavy atom. The molecule has 3 rings (SSSR count). The molecule has 0 spiro atoms. The first-order chi connectivity index (χ1) is 10.0. The van der Waals surface area contributed by atoms with E-state index in [4.69, 9.17) is 11.6 Å². The van der Waals surface area contributed by atoms with E-state index in [0.29, 0.717) is 27.3 Å². The SMILES string of the molecule is Cc1cc2c(Nc3ccc(Cl)cc3F)ncnc2cc1O. The minimum atomic E-state index is -0.468. The van der Waals surface area contributed by atoms with Crippen LogP contribution in [0, 0.1) is 12.7 Å². The first kappa shape index (κ1) is 13.6. The molecule has 106 valence electrons. The molecule has 0 fully saturated rings. The topological polar surface area (TPSA) is 58.0 Å². The van der Waals surface area contributed by atoms with Crippen molar-refractivity contribution in [1.82, 2.24) is 9.97 Å². The Hall–Kier alpha value is -2.40. The van der Waals surface area contributed by atoms with Gasteiger partial charge in [-0.05, 0) is 36.8 Å². The van der Waals surface area contributed by atoms with E-state index in [1.165, 1.54) is 12.4 Å². The number of phenols is 1. The maximum atomic E-state index is 13.8. The standard InChI is InChI=1S/C15H11ClFN3O/c1-8-4-10-13(6-14(8)21)18-7-19-15(10)20-12-3-2-9(16)5-11(12)17/h2-7,21H,1H3,(H,18,19,20). The van der Waals surface area contributed by atoms with Gasteiger partial charge in [0, 0.05) is 16.5 Å². The maximum Gasteiger partial charge on any atom is 0.148 e. The normalized spacial score (nSPS) is 10.8. The first-order valence-corrected chi connectivity index (χ1v) is 6.59. The summed E-state index contributed by atoms with van der Waals surface area (Å²) in [6, 6.07) is 7.66. The van der Waals surface area contributed by atoms with Gasteiger partial charge in [0.1, 0.15) is 23.7 Å². The summed E-state index contributed by atoms with van der Waals surface area (Å²) < 4.78 is 13.8. The Bertz CT molecular complexity index is 839. The number of aromatic nitrogens is 2. The van der Waals surface area contributed by atoms with Crippen LogP contribution in [0.1, 0.15) is 5.56 Å². The lowest BCUT2D eigenvalue weighted by Gasteiger charge is -2.10. The molecule has 0 unspecified atom stereocenters. The summed E-state index contributed by atoms with van der Waals surface area (Å²) in [6.45, 7) is 1.77. The average molecular weight is 304 g/mol. The summed E-state index contributed by atoms with van der Waals surface area (Å²) in [5, 5.41) is 13.7. The van der Waals surface area contributed by atoms with Gasteiger partial charge < -0.3 is 10.4 Å². The minimum absolute atomic E-state index is 0.157. The second-order valence-electron chi connectivity index (χ2n) is 4.63. The summed E-state index contributed by atoms with van der Waals surface area (Å²) in [6.07, 6.45) is 1.35. The largest absolute Gasteiger partial charge is 0.508 e. The predicted molar refractivity (Wildman–Crippen MR) is 80.6 cm³/mol. The number of nitrogens with one attached hydrogen (secondary N) is 1. The molecule has 3 aromatic rings. The molecule has 6 heteroatoms. The van der Waals surface area contributed by atoms with E-state index in [1.807, 2.05) is 0 Å². The molecule has 1 aromatic heterocycles. The van der Waals surface area contributed by atoms with Gasteiger partial charge in [-0.2, -0.15) is 0 Å². The summed E-state index contributed by atoms with van der Waals surface area (Å²) in [5.41, 5.74) is 1.53. The Balaban J connectivity index is 2.10. The van der Waals surface area contributed by atoms with E-state index in [-0.39, 0.29) is 11.4 Å². The summed E-state index contributed by atoms with van der Waals surface area (Å²) >= 11 is 5.73. The highest BCUT2D eigenvalue weighted by atomic mass is 35.5. The Morgan fingerprint density at radius 1 is 1.19 bits per heavy atom. The molecular formula is C15H11ClFN3O.